The molecule has 2 fully saturated rings. The Labute approximate surface area is 157 Å². The largest absolute Gasteiger partial charge is 0.479 e. The van der Waals surface area contributed by atoms with Gasteiger partial charge < -0.3 is 50.0 Å². The topological polar surface area (TPSA) is 250 Å². The molecule has 2 saturated heterocycles. The first kappa shape index (κ1) is 23.3. The molecular formula is C12H20O15S. The summed E-state index contributed by atoms with van der Waals surface area (Å²) in [6.45, 7) is -1.00. The van der Waals surface area contributed by atoms with E-state index in [1.165, 1.54) is 0 Å². The molecule has 2 aliphatic rings. The molecule has 0 spiro atoms. The van der Waals surface area contributed by atoms with Gasteiger partial charge in [0, 0.05) is 0 Å². The number of aliphatic hydroxyl groups excluding tert-OH is 6. The van der Waals surface area contributed by atoms with Crippen molar-refractivity contribution in [1.82, 2.24) is 0 Å². The van der Waals surface area contributed by atoms with Crippen LogP contribution in [0.25, 0.3) is 0 Å². The van der Waals surface area contributed by atoms with Crippen molar-refractivity contribution in [2.24, 2.45) is 0 Å². The number of carbonyl (C=O) groups is 1. The van der Waals surface area contributed by atoms with E-state index in [0.717, 1.165) is 0 Å². The number of ether oxygens (including phenoxy) is 3. The van der Waals surface area contributed by atoms with Gasteiger partial charge in [0.2, 0.25) is 0 Å². The molecule has 10 atom stereocenters. The van der Waals surface area contributed by atoms with Gasteiger partial charge in [-0.05, 0) is 0 Å². The molecule has 0 amide bonds. The quantitative estimate of drug-likeness (QED) is 0.181. The van der Waals surface area contributed by atoms with Crippen molar-refractivity contribution in [1.29, 1.82) is 0 Å². The summed E-state index contributed by atoms with van der Waals surface area (Å²) in [4.78, 5) is 11.1. The van der Waals surface area contributed by atoms with Crippen LogP contribution in [-0.2, 0) is 33.6 Å². The molecule has 0 unspecified atom stereocenters. The summed E-state index contributed by atoms with van der Waals surface area (Å²) in [6.07, 6.45) is -19.5. The standard InChI is InChI=1S/C12H20O15S/c13-3-2(1-24-28(21,22)23)25-11(20)7(17)8(3)26-12-6(16)4(14)5(15)9(27-12)10(18)19/h2-9,11-17,20H,1H2,(H,18,19)(H,21,22,23)/t2-,3-,4+,5+,6-,7-,8+,9+,11-,12-/m1/s1. The maximum atomic E-state index is 11.1. The second kappa shape index (κ2) is 8.78. The molecule has 15 nitrogen and oxygen atoms in total. The third kappa shape index (κ3) is 5.12. The fraction of sp³-hybridized carbons (Fsp3) is 0.917. The number of hydrogen-bond donors (Lipinski definition) is 8. The average Bonchev–Trinajstić information content (AvgIpc) is 2.59. The van der Waals surface area contributed by atoms with Crippen molar-refractivity contribution >= 4 is 16.4 Å². The van der Waals surface area contributed by atoms with E-state index in [2.05, 4.69) is 4.18 Å². The van der Waals surface area contributed by atoms with E-state index in [4.69, 9.17) is 23.9 Å². The third-order valence-corrected chi connectivity index (χ3v) is 4.58. The van der Waals surface area contributed by atoms with Crippen molar-refractivity contribution in [2.45, 2.75) is 61.4 Å². The van der Waals surface area contributed by atoms with Crippen LogP contribution in [0.5, 0.6) is 0 Å². The number of aliphatic carboxylic acids is 1. The van der Waals surface area contributed by atoms with E-state index >= 15 is 0 Å². The number of hydrogen-bond acceptors (Lipinski definition) is 13. The van der Waals surface area contributed by atoms with Crippen molar-refractivity contribution < 1.29 is 71.9 Å². The molecule has 0 bridgehead atoms. The minimum Gasteiger partial charge on any atom is -0.479 e. The Kier molecular flexibility index (Phi) is 7.29. The van der Waals surface area contributed by atoms with Gasteiger partial charge in [0.15, 0.2) is 18.7 Å². The van der Waals surface area contributed by atoms with E-state index in [0.29, 0.717) is 0 Å². The predicted molar refractivity (Wildman–Crippen MR) is 79.6 cm³/mol. The highest BCUT2D eigenvalue weighted by molar-refractivity contribution is 7.80. The molecule has 0 aliphatic carbocycles. The molecule has 0 radical (unpaired) electrons. The lowest BCUT2D eigenvalue weighted by atomic mass is 9.97. The second-order valence-electron chi connectivity index (χ2n) is 6.09. The normalized spacial score (nSPS) is 45.0. The number of aliphatic hydroxyl groups is 6. The summed E-state index contributed by atoms with van der Waals surface area (Å²) >= 11 is 0. The highest BCUT2D eigenvalue weighted by Crippen LogP contribution is 2.29. The SMILES string of the molecule is O=C(O)[C@H]1O[C@@H](O[C@@H]2[C@@H](O)[C@H](O)O[C@H](COS(=O)(=O)O)[C@H]2O)[C@H](O)[C@@H](O)[C@@H]1O. The van der Waals surface area contributed by atoms with Crippen LogP contribution in [0.3, 0.4) is 0 Å². The van der Waals surface area contributed by atoms with Crippen molar-refractivity contribution in [3.05, 3.63) is 0 Å². The van der Waals surface area contributed by atoms with E-state index in [-0.39, 0.29) is 0 Å². The Hall–Kier alpha value is -1.02. The molecule has 16 heteroatoms. The van der Waals surface area contributed by atoms with Crippen LogP contribution in [0, 0.1) is 0 Å². The summed E-state index contributed by atoms with van der Waals surface area (Å²) in [5.41, 5.74) is 0. The molecule has 0 aromatic rings. The zero-order chi connectivity index (χ0) is 21.4. The highest BCUT2D eigenvalue weighted by Gasteiger charge is 2.52. The van der Waals surface area contributed by atoms with Gasteiger partial charge in [-0.3, -0.25) is 4.55 Å². The fourth-order valence-electron chi connectivity index (χ4n) is 2.69. The Morgan fingerprint density at radius 2 is 1.50 bits per heavy atom. The van der Waals surface area contributed by atoms with Crippen LogP contribution in [0.15, 0.2) is 0 Å². The second-order valence-corrected chi connectivity index (χ2v) is 7.19. The van der Waals surface area contributed by atoms with Crippen LogP contribution in [-0.4, -0.2) is 123 Å². The molecule has 0 aromatic heterocycles. The molecule has 0 saturated carbocycles. The minimum atomic E-state index is -4.93. The first-order valence-electron chi connectivity index (χ1n) is 7.73. The van der Waals surface area contributed by atoms with E-state index in [1.54, 1.807) is 0 Å². The lowest BCUT2D eigenvalue weighted by molar-refractivity contribution is -0.351. The average molecular weight is 436 g/mol. The Morgan fingerprint density at radius 3 is 2.04 bits per heavy atom. The molecule has 164 valence electrons. The van der Waals surface area contributed by atoms with E-state index in [1.807, 2.05) is 0 Å². The van der Waals surface area contributed by atoms with Crippen LogP contribution in [0.2, 0.25) is 0 Å². The zero-order valence-electron chi connectivity index (χ0n) is 13.8. The lowest BCUT2D eigenvalue weighted by Gasteiger charge is -2.44. The van der Waals surface area contributed by atoms with Gasteiger partial charge in [0.1, 0.15) is 42.7 Å². The van der Waals surface area contributed by atoms with E-state index in [9.17, 15) is 43.9 Å². The third-order valence-electron chi connectivity index (χ3n) is 4.15. The predicted octanol–water partition coefficient (Wildman–Crippen LogP) is -5.48. The Bertz CT molecular complexity index is 653. The van der Waals surface area contributed by atoms with Crippen LogP contribution >= 0.6 is 0 Å². The first-order valence-corrected chi connectivity index (χ1v) is 9.09. The monoisotopic (exact) mass is 436 g/mol. The zero-order valence-corrected chi connectivity index (χ0v) is 14.6. The summed E-state index contributed by atoms with van der Waals surface area (Å²) in [7, 11) is -4.93. The van der Waals surface area contributed by atoms with Gasteiger partial charge in [-0.15, -0.1) is 0 Å². The van der Waals surface area contributed by atoms with Gasteiger partial charge in [0.05, 0.1) is 6.61 Å². The molecule has 8 N–H and O–H groups in total. The molecule has 2 heterocycles. The summed E-state index contributed by atoms with van der Waals surface area (Å²) in [5, 5.41) is 68.0. The molecule has 2 rings (SSSR count). The van der Waals surface area contributed by atoms with Crippen LogP contribution in [0.4, 0.5) is 0 Å². The molecule has 28 heavy (non-hydrogen) atoms. The highest BCUT2D eigenvalue weighted by atomic mass is 32.3. The van der Waals surface area contributed by atoms with Crippen molar-refractivity contribution in [3.63, 3.8) is 0 Å². The molecule has 0 aromatic carbocycles. The van der Waals surface area contributed by atoms with Gasteiger partial charge in [-0.2, -0.15) is 8.42 Å². The number of rotatable bonds is 6. The maximum absolute atomic E-state index is 11.1. The van der Waals surface area contributed by atoms with Gasteiger partial charge in [-0.1, -0.05) is 0 Å². The molecular weight excluding hydrogens is 416 g/mol. The Morgan fingerprint density at radius 1 is 0.893 bits per heavy atom. The Balaban J connectivity index is 2.15. The van der Waals surface area contributed by atoms with Gasteiger partial charge in [0.25, 0.3) is 0 Å². The van der Waals surface area contributed by atoms with Gasteiger partial charge >= 0.3 is 16.4 Å². The fourth-order valence-corrected chi connectivity index (χ4v) is 2.99. The minimum absolute atomic E-state index is 1.00. The smallest absolute Gasteiger partial charge is 0.397 e. The summed E-state index contributed by atoms with van der Waals surface area (Å²) < 4.78 is 48.5. The summed E-state index contributed by atoms with van der Waals surface area (Å²) in [5.74, 6) is -1.71. The van der Waals surface area contributed by atoms with Crippen molar-refractivity contribution in [3.8, 4) is 0 Å². The lowest BCUT2D eigenvalue weighted by Crippen LogP contribution is -2.65. The van der Waals surface area contributed by atoms with Gasteiger partial charge in [-0.25, -0.2) is 8.98 Å². The summed E-state index contributed by atoms with van der Waals surface area (Å²) in [6, 6.07) is 0. The number of carboxylic acids is 1. The van der Waals surface area contributed by atoms with Crippen molar-refractivity contribution in [2.75, 3.05) is 6.61 Å². The number of carboxylic acid groups (broad SMARTS) is 1. The first-order chi connectivity index (χ1) is 12.8. The van der Waals surface area contributed by atoms with E-state index < -0.39 is 84.4 Å². The van der Waals surface area contributed by atoms with Crippen LogP contribution in [0.1, 0.15) is 0 Å². The maximum Gasteiger partial charge on any atom is 0.397 e. The van der Waals surface area contributed by atoms with Crippen LogP contribution < -0.4 is 0 Å². The molecule has 2 aliphatic heterocycles.